The van der Waals surface area contributed by atoms with Gasteiger partial charge in [0.05, 0.1) is 11.0 Å². The summed E-state index contributed by atoms with van der Waals surface area (Å²) in [5, 5.41) is 5.14. The molecule has 10 aromatic carbocycles. The maximum absolute atomic E-state index is 2.43. The first-order chi connectivity index (χ1) is 31.2. The van der Waals surface area contributed by atoms with Crippen LogP contribution in [0, 0.1) is 0 Å². The van der Waals surface area contributed by atoms with Gasteiger partial charge in [-0.2, -0.15) is 0 Å². The molecule has 0 amide bonds. The minimum atomic E-state index is 1.09. The van der Waals surface area contributed by atoms with E-state index in [0.29, 0.717) is 0 Å². The molecule has 63 heavy (non-hydrogen) atoms. The number of aromatic nitrogens is 1. The SMILES string of the molecule is c1ccc(-c2cc(-c3ccccc3)cc(N(c3ccccc3)c3cccc(-c4cccc(-c5ccc6c(c5)c5ccccc5n6-c5ccc6c(c5)sc5ccccc56)c4)c3)c2)cc1. The van der Waals surface area contributed by atoms with E-state index in [1.807, 2.05) is 11.3 Å². The number of rotatable bonds is 8. The summed E-state index contributed by atoms with van der Waals surface area (Å²) >= 11 is 1.87. The van der Waals surface area contributed by atoms with Crippen LogP contribution >= 0.6 is 11.3 Å². The van der Waals surface area contributed by atoms with E-state index in [-0.39, 0.29) is 0 Å². The fourth-order valence-corrected chi connectivity index (χ4v) is 10.5. The van der Waals surface area contributed by atoms with Crippen molar-refractivity contribution in [3.63, 3.8) is 0 Å². The highest BCUT2D eigenvalue weighted by Crippen LogP contribution is 2.42. The fraction of sp³-hybridized carbons (Fsp3) is 0. The van der Waals surface area contributed by atoms with E-state index in [4.69, 9.17) is 0 Å². The topological polar surface area (TPSA) is 8.17 Å². The first kappa shape index (κ1) is 36.8. The Bertz CT molecular complexity index is 3560. The molecule has 0 fully saturated rings. The van der Waals surface area contributed by atoms with Gasteiger partial charge in [0.2, 0.25) is 0 Å². The van der Waals surface area contributed by atoms with Gasteiger partial charge in [-0.25, -0.2) is 0 Å². The average Bonchev–Trinajstić information content (AvgIpc) is 3.90. The lowest BCUT2D eigenvalue weighted by Crippen LogP contribution is -2.10. The quantitative estimate of drug-likeness (QED) is 0.148. The highest BCUT2D eigenvalue weighted by Gasteiger charge is 2.18. The van der Waals surface area contributed by atoms with Crippen LogP contribution in [0.1, 0.15) is 0 Å². The Morgan fingerprint density at radius 1 is 0.270 bits per heavy atom. The van der Waals surface area contributed by atoms with Crippen LogP contribution in [0.2, 0.25) is 0 Å². The van der Waals surface area contributed by atoms with Crippen LogP contribution in [-0.2, 0) is 0 Å². The predicted molar refractivity (Wildman–Crippen MR) is 270 cm³/mol. The van der Waals surface area contributed by atoms with E-state index >= 15 is 0 Å². The van der Waals surface area contributed by atoms with Crippen LogP contribution in [0.25, 0.3) is 92.2 Å². The van der Waals surface area contributed by atoms with Crippen LogP contribution in [-0.4, -0.2) is 4.57 Å². The van der Waals surface area contributed by atoms with Crippen molar-refractivity contribution in [3.8, 4) is 50.2 Å². The summed E-state index contributed by atoms with van der Waals surface area (Å²) in [4.78, 5) is 2.38. The van der Waals surface area contributed by atoms with Crippen molar-refractivity contribution in [1.82, 2.24) is 4.57 Å². The molecule has 0 radical (unpaired) electrons. The molecule has 2 heterocycles. The molecule has 2 aromatic heterocycles. The molecule has 0 bridgehead atoms. The van der Waals surface area contributed by atoms with Crippen molar-refractivity contribution >= 4 is 70.4 Å². The summed E-state index contributed by atoms with van der Waals surface area (Å²) in [6.07, 6.45) is 0. The zero-order valence-corrected chi connectivity index (χ0v) is 35.2. The van der Waals surface area contributed by atoms with E-state index in [9.17, 15) is 0 Å². The molecule has 12 aromatic rings. The number of hydrogen-bond donors (Lipinski definition) is 0. The molecule has 0 aliphatic carbocycles. The van der Waals surface area contributed by atoms with Crippen LogP contribution in [0.5, 0.6) is 0 Å². The largest absolute Gasteiger partial charge is 0.310 e. The second-order valence-corrected chi connectivity index (χ2v) is 17.2. The van der Waals surface area contributed by atoms with Gasteiger partial charge in [-0.3, -0.25) is 0 Å². The van der Waals surface area contributed by atoms with Gasteiger partial charge in [0.15, 0.2) is 0 Å². The monoisotopic (exact) mass is 820 g/mol. The molecule has 0 aliphatic rings. The van der Waals surface area contributed by atoms with Crippen molar-refractivity contribution in [2.45, 2.75) is 0 Å². The first-order valence-corrected chi connectivity index (χ1v) is 22.3. The smallest absolute Gasteiger partial charge is 0.0541 e. The van der Waals surface area contributed by atoms with Crippen LogP contribution in [0.3, 0.4) is 0 Å². The Balaban J connectivity index is 0.945. The molecule has 0 atom stereocenters. The number of fused-ring (bicyclic) bond motifs is 6. The van der Waals surface area contributed by atoms with E-state index < -0.39 is 0 Å². The predicted octanol–water partition coefficient (Wildman–Crippen LogP) is 17.3. The number of thiophene rings is 1. The van der Waals surface area contributed by atoms with Crippen molar-refractivity contribution < 1.29 is 0 Å². The minimum absolute atomic E-state index is 1.09. The highest BCUT2D eigenvalue weighted by molar-refractivity contribution is 7.25. The Labute approximate surface area is 370 Å². The second kappa shape index (κ2) is 15.5. The van der Waals surface area contributed by atoms with Crippen molar-refractivity contribution in [3.05, 3.63) is 243 Å². The molecule has 0 saturated carbocycles. The molecule has 0 aliphatic heterocycles. The van der Waals surface area contributed by atoms with Gasteiger partial charge >= 0.3 is 0 Å². The van der Waals surface area contributed by atoms with Gasteiger partial charge in [-0.15, -0.1) is 11.3 Å². The third-order valence-corrected chi connectivity index (χ3v) is 13.5. The maximum atomic E-state index is 2.43. The first-order valence-electron chi connectivity index (χ1n) is 21.5. The Kier molecular flexibility index (Phi) is 9.06. The lowest BCUT2D eigenvalue weighted by Gasteiger charge is -2.27. The van der Waals surface area contributed by atoms with Crippen molar-refractivity contribution in [2.75, 3.05) is 4.90 Å². The zero-order chi connectivity index (χ0) is 41.7. The highest BCUT2D eigenvalue weighted by atomic mass is 32.1. The van der Waals surface area contributed by atoms with Crippen LogP contribution < -0.4 is 4.90 Å². The number of nitrogens with zero attached hydrogens (tertiary/aromatic N) is 2. The van der Waals surface area contributed by atoms with E-state index in [0.717, 1.165) is 22.6 Å². The van der Waals surface area contributed by atoms with Gasteiger partial charge < -0.3 is 9.47 Å². The number of para-hydroxylation sites is 2. The number of benzene rings is 10. The van der Waals surface area contributed by atoms with Crippen LogP contribution in [0.4, 0.5) is 17.1 Å². The summed E-state index contributed by atoms with van der Waals surface area (Å²) < 4.78 is 5.06. The van der Waals surface area contributed by atoms with Gasteiger partial charge in [0.1, 0.15) is 0 Å². The third-order valence-electron chi connectivity index (χ3n) is 12.3. The average molecular weight is 821 g/mol. The number of hydrogen-bond acceptors (Lipinski definition) is 2. The van der Waals surface area contributed by atoms with Gasteiger partial charge in [-0.05, 0) is 129 Å². The van der Waals surface area contributed by atoms with Gasteiger partial charge in [0, 0.05) is 53.7 Å². The Hall–Kier alpha value is -7.98. The van der Waals surface area contributed by atoms with E-state index in [2.05, 4.69) is 252 Å². The molecule has 0 spiro atoms. The third kappa shape index (κ3) is 6.67. The molecule has 12 rings (SSSR count). The normalized spacial score (nSPS) is 11.5. The summed E-state index contributed by atoms with van der Waals surface area (Å²) in [6.45, 7) is 0. The lowest BCUT2D eigenvalue weighted by atomic mass is 9.96. The molecular formula is C60H40N2S. The summed E-state index contributed by atoms with van der Waals surface area (Å²) in [5.41, 5.74) is 16.3. The van der Waals surface area contributed by atoms with Crippen LogP contribution in [0.15, 0.2) is 243 Å². The standard InChI is InChI=1S/C60H40N2S/c1-4-16-41(17-5-1)47-35-48(42-18-6-2-7-19-42)38-52(37-47)61(49-23-8-3-9-24-49)50-25-15-22-45(36-50)43-20-14-21-44(34-43)46-30-33-58-56(39-46)53-26-10-12-28-57(53)62(58)51-31-32-55-54-27-11-13-29-59(54)63-60(55)40-51/h1-40H. The van der Waals surface area contributed by atoms with Gasteiger partial charge in [-0.1, -0.05) is 158 Å². The van der Waals surface area contributed by atoms with Crippen molar-refractivity contribution in [1.29, 1.82) is 0 Å². The molecule has 2 nitrogen and oxygen atoms in total. The maximum Gasteiger partial charge on any atom is 0.0541 e. The summed E-state index contributed by atoms with van der Waals surface area (Å²) in [5.74, 6) is 0. The Morgan fingerprint density at radius 3 is 1.51 bits per heavy atom. The van der Waals surface area contributed by atoms with Crippen molar-refractivity contribution in [2.24, 2.45) is 0 Å². The molecule has 3 heteroatoms. The summed E-state index contributed by atoms with van der Waals surface area (Å²) in [6, 6.07) is 88.4. The minimum Gasteiger partial charge on any atom is -0.310 e. The Morgan fingerprint density at radius 2 is 0.778 bits per heavy atom. The van der Waals surface area contributed by atoms with E-state index in [1.165, 1.54) is 86.6 Å². The molecular weight excluding hydrogens is 781 g/mol. The zero-order valence-electron chi connectivity index (χ0n) is 34.4. The molecule has 296 valence electrons. The van der Waals surface area contributed by atoms with Gasteiger partial charge in [0.25, 0.3) is 0 Å². The molecule has 0 saturated heterocycles. The molecule has 0 N–H and O–H groups in total. The fourth-order valence-electron chi connectivity index (χ4n) is 9.35. The second-order valence-electron chi connectivity index (χ2n) is 16.2. The molecule has 0 unspecified atom stereocenters. The summed E-state index contributed by atoms with van der Waals surface area (Å²) in [7, 11) is 0. The lowest BCUT2D eigenvalue weighted by molar-refractivity contribution is 1.19. The number of anilines is 3. The van der Waals surface area contributed by atoms with E-state index in [1.54, 1.807) is 0 Å².